The number of rotatable bonds is 4. The monoisotopic (exact) mass is 302 g/mol. The standard InChI is InChI=1S/C17H26N4O/c22-17(13-14-7-3-1-4-8-14)18-11-10-16-20-19-15-9-5-2-6-12-21(15)16/h13H,1-12H2,(H,18,22). The van der Waals surface area contributed by atoms with E-state index in [-0.39, 0.29) is 5.91 Å². The summed E-state index contributed by atoms with van der Waals surface area (Å²) in [5.74, 6) is 2.18. The van der Waals surface area contributed by atoms with Gasteiger partial charge in [0.15, 0.2) is 0 Å². The molecule has 1 fully saturated rings. The highest BCUT2D eigenvalue weighted by Crippen LogP contribution is 2.22. The largest absolute Gasteiger partial charge is 0.352 e. The number of hydrogen-bond donors (Lipinski definition) is 1. The molecule has 0 unspecified atom stereocenters. The van der Waals surface area contributed by atoms with Gasteiger partial charge in [0, 0.05) is 32.0 Å². The summed E-state index contributed by atoms with van der Waals surface area (Å²) in [6.07, 6.45) is 13.2. The zero-order valence-electron chi connectivity index (χ0n) is 13.3. The Balaban J connectivity index is 1.49. The number of hydrogen-bond acceptors (Lipinski definition) is 3. The highest BCUT2D eigenvalue weighted by molar-refractivity contribution is 5.88. The number of carbonyl (C=O) groups excluding carboxylic acids is 1. The van der Waals surface area contributed by atoms with Crippen LogP contribution >= 0.6 is 0 Å². The molecule has 3 rings (SSSR count). The predicted molar refractivity (Wildman–Crippen MR) is 85.5 cm³/mol. The lowest BCUT2D eigenvalue weighted by molar-refractivity contribution is -0.116. The SMILES string of the molecule is O=C(C=C1CCCCC1)NCCc1nnc2n1CCCCC2. The van der Waals surface area contributed by atoms with Gasteiger partial charge in [-0.25, -0.2) is 0 Å². The number of aromatic nitrogens is 3. The fourth-order valence-electron chi connectivity index (χ4n) is 3.41. The van der Waals surface area contributed by atoms with Gasteiger partial charge < -0.3 is 9.88 Å². The molecule has 5 nitrogen and oxygen atoms in total. The van der Waals surface area contributed by atoms with E-state index in [0.717, 1.165) is 43.9 Å². The molecule has 1 aliphatic heterocycles. The molecular weight excluding hydrogens is 276 g/mol. The normalized spacial score (nSPS) is 18.5. The van der Waals surface area contributed by atoms with Crippen LogP contribution in [0.1, 0.15) is 63.0 Å². The zero-order chi connectivity index (χ0) is 15.2. The van der Waals surface area contributed by atoms with Crippen LogP contribution in [0.15, 0.2) is 11.6 Å². The molecule has 22 heavy (non-hydrogen) atoms. The van der Waals surface area contributed by atoms with Crippen LogP contribution in [0.4, 0.5) is 0 Å². The summed E-state index contributed by atoms with van der Waals surface area (Å²) in [5, 5.41) is 11.6. The molecule has 1 aromatic rings. The number of nitrogens with zero attached hydrogens (tertiary/aromatic N) is 3. The molecule has 1 amide bonds. The number of nitrogens with one attached hydrogen (secondary N) is 1. The molecule has 1 aliphatic carbocycles. The number of allylic oxidation sites excluding steroid dienone is 1. The number of aryl methyl sites for hydroxylation is 1. The van der Waals surface area contributed by atoms with Crippen LogP contribution in [0, 0.1) is 0 Å². The molecule has 1 saturated carbocycles. The maximum absolute atomic E-state index is 12.0. The van der Waals surface area contributed by atoms with Crippen LogP contribution in [0.5, 0.6) is 0 Å². The summed E-state index contributed by atoms with van der Waals surface area (Å²) in [6.45, 7) is 1.66. The van der Waals surface area contributed by atoms with E-state index in [4.69, 9.17) is 0 Å². The average molecular weight is 302 g/mol. The van der Waals surface area contributed by atoms with Crippen molar-refractivity contribution in [3.63, 3.8) is 0 Å². The third-order valence-electron chi connectivity index (χ3n) is 4.66. The second-order valence-corrected chi connectivity index (χ2v) is 6.40. The van der Waals surface area contributed by atoms with E-state index < -0.39 is 0 Å². The lowest BCUT2D eigenvalue weighted by Crippen LogP contribution is -2.25. The van der Waals surface area contributed by atoms with Crippen molar-refractivity contribution < 1.29 is 4.79 Å². The first-order valence-electron chi connectivity index (χ1n) is 8.71. The fourth-order valence-corrected chi connectivity index (χ4v) is 3.41. The second kappa shape index (κ2) is 7.56. The van der Waals surface area contributed by atoms with Crippen LogP contribution < -0.4 is 5.32 Å². The first-order chi connectivity index (χ1) is 10.8. The van der Waals surface area contributed by atoms with Crippen molar-refractivity contribution in [1.82, 2.24) is 20.1 Å². The summed E-state index contributed by atoms with van der Waals surface area (Å²) in [5.41, 5.74) is 1.31. The topological polar surface area (TPSA) is 59.8 Å². The summed E-state index contributed by atoms with van der Waals surface area (Å²) in [6, 6.07) is 0. The van der Waals surface area contributed by atoms with Crippen molar-refractivity contribution in [2.45, 2.75) is 70.8 Å². The minimum atomic E-state index is 0.0486. The van der Waals surface area contributed by atoms with E-state index in [1.807, 2.05) is 6.08 Å². The van der Waals surface area contributed by atoms with Gasteiger partial charge in [-0.2, -0.15) is 0 Å². The third-order valence-corrected chi connectivity index (χ3v) is 4.66. The molecule has 1 N–H and O–H groups in total. The number of amides is 1. The van der Waals surface area contributed by atoms with E-state index in [2.05, 4.69) is 20.1 Å². The Kier molecular flexibility index (Phi) is 5.24. The minimum Gasteiger partial charge on any atom is -0.352 e. The van der Waals surface area contributed by atoms with Crippen molar-refractivity contribution in [3.05, 3.63) is 23.3 Å². The first-order valence-corrected chi connectivity index (χ1v) is 8.71. The smallest absolute Gasteiger partial charge is 0.243 e. The second-order valence-electron chi connectivity index (χ2n) is 6.40. The van der Waals surface area contributed by atoms with Crippen molar-refractivity contribution in [1.29, 1.82) is 0 Å². The molecule has 0 atom stereocenters. The van der Waals surface area contributed by atoms with Crippen LogP contribution in [0.3, 0.4) is 0 Å². The summed E-state index contributed by atoms with van der Waals surface area (Å²) >= 11 is 0. The van der Waals surface area contributed by atoms with Gasteiger partial charge in [0.1, 0.15) is 11.6 Å². The molecule has 120 valence electrons. The molecule has 0 spiro atoms. The Hall–Kier alpha value is -1.65. The Labute approximate surface area is 132 Å². The van der Waals surface area contributed by atoms with Crippen LogP contribution in [0.2, 0.25) is 0 Å². The van der Waals surface area contributed by atoms with Gasteiger partial charge in [0.2, 0.25) is 5.91 Å². The molecule has 1 aromatic heterocycles. The van der Waals surface area contributed by atoms with Gasteiger partial charge in [-0.05, 0) is 38.5 Å². The van der Waals surface area contributed by atoms with E-state index in [0.29, 0.717) is 6.54 Å². The van der Waals surface area contributed by atoms with Crippen LogP contribution in [0.25, 0.3) is 0 Å². The predicted octanol–water partition coefficient (Wildman–Crippen LogP) is 2.55. The number of fused-ring (bicyclic) bond motifs is 1. The van der Waals surface area contributed by atoms with Crippen molar-refractivity contribution in [2.24, 2.45) is 0 Å². The highest BCUT2D eigenvalue weighted by atomic mass is 16.1. The van der Waals surface area contributed by atoms with Crippen molar-refractivity contribution in [3.8, 4) is 0 Å². The Bertz CT molecular complexity index is 539. The van der Waals surface area contributed by atoms with Gasteiger partial charge in [0.25, 0.3) is 0 Å². The van der Waals surface area contributed by atoms with Gasteiger partial charge in [0.05, 0.1) is 0 Å². The summed E-state index contributed by atoms with van der Waals surface area (Å²) in [7, 11) is 0. The summed E-state index contributed by atoms with van der Waals surface area (Å²) in [4.78, 5) is 12.0. The minimum absolute atomic E-state index is 0.0486. The molecular formula is C17H26N4O. The lowest BCUT2D eigenvalue weighted by atomic mass is 9.95. The molecule has 2 heterocycles. The van der Waals surface area contributed by atoms with Gasteiger partial charge >= 0.3 is 0 Å². The Morgan fingerprint density at radius 2 is 1.82 bits per heavy atom. The molecule has 0 bridgehead atoms. The fraction of sp³-hybridized carbons (Fsp3) is 0.706. The van der Waals surface area contributed by atoms with Crippen molar-refractivity contribution >= 4 is 5.91 Å². The quantitative estimate of drug-likeness (QED) is 0.870. The van der Waals surface area contributed by atoms with E-state index >= 15 is 0 Å². The third kappa shape index (κ3) is 3.96. The molecule has 5 heteroatoms. The van der Waals surface area contributed by atoms with Gasteiger partial charge in [-0.15, -0.1) is 10.2 Å². The molecule has 0 radical (unpaired) electrons. The van der Waals surface area contributed by atoms with Gasteiger partial charge in [-0.1, -0.05) is 18.4 Å². The lowest BCUT2D eigenvalue weighted by Gasteiger charge is -2.13. The molecule has 2 aliphatic rings. The maximum Gasteiger partial charge on any atom is 0.243 e. The Morgan fingerprint density at radius 1 is 1.05 bits per heavy atom. The van der Waals surface area contributed by atoms with Crippen LogP contribution in [-0.2, 0) is 24.2 Å². The van der Waals surface area contributed by atoms with E-state index in [1.165, 1.54) is 44.1 Å². The number of carbonyl (C=O) groups is 1. The van der Waals surface area contributed by atoms with Gasteiger partial charge in [-0.3, -0.25) is 4.79 Å². The Morgan fingerprint density at radius 3 is 2.68 bits per heavy atom. The van der Waals surface area contributed by atoms with E-state index in [1.54, 1.807) is 0 Å². The zero-order valence-corrected chi connectivity index (χ0v) is 13.3. The van der Waals surface area contributed by atoms with Crippen molar-refractivity contribution in [2.75, 3.05) is 6.54 Å². The van der Waals surface area contributed by atoms with E-state index in [9.17, 15) is 4.79 Å². The first kappa shape index (κ1) is 15.3. The molecule has 0 saturated heterocycles. The molecule has 0 aromatic carbocycles. The highest BCUT2D eigenvalue weighted by Gasteiger charge is 2.14. The summed E-state index contributed by atoms with van der Waals surface area (Å²) < 4.78 is 2.25. The van der Waals surface area contributed by atoms with Crippen LogP contribution in [-0.4, -0.2) is 27.2 Å². The average Bonchev–Trinajstić information content (AvgIpc) is 2.76. The maximum atomic E-state index is 12.0.